The van der Waals surface area contributed by atoms with Crippen LogP contribution in [-0.2, 0) is 4.74 Å². The molecule has 0 heterocycles. The van der Waals surface area contributed by atoms with Gasteiger partial charge in [0.25, 0.3) is 0 Å². The predicted molar refractivity (Wildman–Crippen MR) is 78.8 cm³/mol. The summed E-state index contributed by atoms with van der Waals surface area (Å²) in [6.07, 6.45) is 1.11. The van der Waals surface area contributed by atoms with Gasteiger partial charge in [-0.3, -0.25) is 0 Å². The molecule has 2 nitrogen and oxygen atoms in total. The Hall–Kier alpha value is -0.990. The van der Waals surface area contributed by atoms with Crippen LogP contribution >= 0.6 is 11.6 Å². The summed E-state index contributed by atoms with van der Waals surface area (Å²) in [4.78, 5) is 0. The monoisotopic (exact) mass is 267 g/mol. The molecule has 0 aliphatic heterocycles. The van der Waals surface area contributed by atoms with Crippen LogP contribution in [-0.4, -0.2) is 13.2 Å². The van der Waals surface area contributed by atoms with Crippen LogP contribution < -0.4 is 5.32 Å². The van der Waals surface area contributed by atoms with E-state index in [2.05, 4.69) is 25.7 Å². The van der Waals surface area contributed by atoms with Crippen molar-refractivity contribution in [1.29, 1.82) is 0 Å². The molecule has 0 aromatic heterocycles. The highest BCUT2D eigenvalue weighted by Crippen LogP contribution is 2.26. The molecule has 100 valence electrons. The number of hydrogen-bond acceptors (Lipinski definition) is 2. The van der Waals surface area contributed by atoms with Crippen LogP contribution in [0, 0.1) is 0 Å². The molecule has 0 aliphatic carbocycles. The van der Waals surface area contributed by atoms with Crippen molar-refractivity contribution in [3.05, 3.63) is 40.9 Å². The first-order valence-corrected chi connectivity index (χ1v) is 6.82. The summed E-state index contributed by atoms with van der Waals surface area (Å²) in [5.74, 6) is 0.667. The molecule has 1 rings (SSSR count). The second-order valence-corrected chi connectivity index (χ2v) is 4.68. The minimum absolute atomic E-state index is 0.256. The fraction of sp³-hybridized carbons (Fsp3) is 0.467. The Labute approximate surface area is 115 Å². The second kappa shape index (κ2) is 7.45. The van der Waals surface area contributed by atoms with Gasteiger partial charge < -0.3 is 10.1 Å². The van der Waals surface area contributed by atoms with Crippen LogP contribution in [0.4, 0.5) is 0 Å². The minimum atomic E-state index is 0.256. The first kappa shape index (κ1) is 15.1. The summed E-state index contributed by atoms with van der Waals surface area (Å²) in [7, 11) is 0. The van der Waals surface area contributed by atoms with Crippen molar-refractivity contribution < 1.29 is 4.74 Å². The molecule has 3 heteroatoms. The number of halogens is 1. The van der Waals surface area contributed by atoms with E-state index in [1.807, 2.05) is 25.1 Å². The molecule has 0 amide bonds. The third-order valence-corrected chi connectivity index (χ3v) is 3.14. The van der Waals surface area contributed by atoms with Gasteiger partial charge in [-0.25, -0.2) is 0 Å². The molecule has 1 atom stereocenters. The van der Waals surface area contributed by atoms with Gasteiger partial charge in [-0.2, -0.15) is 0 Å². The molecule has 0 aliphatic rings. The molecule has 1 aromatic rings. The van der Waals surface area contributed by atoms with Crippen LogP contribution in [0.5, 0.6) is 0 Å². The summed E-state index contributed by atoms with van der Waals surface area (Å²) in [6, 6.07) is 6.21. The van der Waals surface area contributed by atoms with E-state index >= 15 is 0 Å². The maximum atomic E-state index is 6.31. The molecule has 0 bridgehead atoms. The van der Waals surface area contributed by atoms with Gasteiger partial charge in [-0.15, -0.1) is 0 Å². The first-order valence-electron chi connectivity index (χ1n) is 6.45. The zero-order chi connectivity index (χ0) is 13.5. The molecule has 0 saturated heterocycles. The van der Waals surface area contributed by atoms with Crippen LogP contribution in [0.1, 0.15) is 44.4 Å². The van der Waals surface area contributed by atoms with Crippen LogP contribution in [0.25, 0.3) is 5.76 Å². The third-order valence-electron chi connectivity index (χ3n) is 2.81. The van der Waals surface area contributed by atoms with Gasteiger partial charge in [0.15, 0.2) is 0 Å². The van der Waals surface area contributed by atoms with Gasteiger partial charge in [0, 0.05) is 16.6 Å². The highest BCUT2D eigenvalue weighted by Gasteiger charge is 2.10. The zero-order valence-electron chi connectivity index (χ0n) is 11.4. The molecular weight excluding hydrogens is 246 g/mol. The highest BCUT2D eigenvalue weighted by molar-refractivity contribution is 6.31. The van der Waals surface area contributed by atoms with E-state index in [1.165, 1.54) is 0 Å². The number of hydrogen-bond donors (Lipinski definition) is 1. The van der Waals surface area contributed by atoms with Crippen molar-refractivity contribution in [2.45, 2.75) is 33.2 Å². The lowest BCUT2D eigenvalue weighted by molar-refractivity contribution is 0.299. The number of nitrogens with one attached hydrogen (secondary N) is 1. The Bertz CT molecular complexity index is 403. The molecule has 1 aromatic carbocycles. The zero-order valence-corrected chi connectivity index (χ0v) is 12.2. The smallest absolute Gasteiger partial charge is 0.119 e. The molecule has 0 saturated carbocycles. The summed E-state index contributed by atoms with van der Waals surface area (Å²) >= 11 is 6.31. The van der Waals surface area contributed by atoms with Crippen LogP contribution in [0.15, 0.2) is 24.8 Å². The SMILES string of the molecule is C=C(OCC)c1ccc(C(C)NCCC)c(Cl)c1. The van der Waals surface area contributed by atoms with Gasteiger partial charge in [0.2, 0.25) is 0 Å². The van der Waals surface area contributed by atoms with E-state index in [4.69, 9.17) is 16.3 Å². The lowest BCUT2D eigenvalue weighted by Gasteiger charge is -2.16. The van der Waals surface area contributed by atoms with E-state index in [9.17, 15) is 0 Å². The first-order chi connectivity index (χ1) is 8.60. The third kappa shape index (κ3) is 4.04. The number of benzene rings is 1. The molecule has 18 heavy (non-hydrogen) atoms. The Morgan fingerprint density at radius 3 is 2.72 bits per heavy atom. The average molecular weight is 268 g/mol. The molecule has 0 spiro atoms. The normalized spacial score (nSPS) is 12.2. The standard InChI is InChI=1S/C15H22ClNO/c1-5-9-17-11(3)14-8-7-13(10-15(14)16)12(4)18-6-2/h7-8,10-11,17H,4-6,9H2,1-3H3. The van der Waals surface area contributed by atoms with Gasteiger partial charge in [-0.1, -0.05) is 37.2 Å². The molecule has 1 unspecified atom stereocenters. The second-order valence-electron chi connectivity index (χ2n) is 4.27. The minimum Gasteiger partial charge on any atom is -0.494 e. The Morgan fingerprint density at radius 2 is 2.17 bits per heavy atom. The maximum absolute atomic E-state index is 6.31. The number of ether oxygens (including phenoxy) is 1. The lowest BCUT2D eigenvalue weighted by atomic mass is 10.1. The van der Waals surface area contributed by atoms with E-state index < -0.39 is 0 Å². The van der Waals surface area contributed by atoms with Gasteiger partial charge in [-0.05, 0) is 38.4 Å². The largest absolute Gasteiger partial charge is 0.494 e. The summed E-state index contributed by atoms with van der Waals surface area (Å²) in [5.41, 5.74) is 2.05. The van der Waals surface area contributed by atoms with E-state index in [0.717, 1.165) is 29.1 Å². The lowest BCUT2D eigenvalue weighted by Crippen LogP contribution is -2.19. The topological polar surface area (TPSA) is 21.3 Å². The van der Waals surface area contributed by atoms with Gasteiger partial charge in [0.05, 0.1) is 6.61 Å². The Morgan fingerprint density at radius 1 is 1.44 bits per heavy atom. The van der Waals surface area contributed by atoms with Crippen molar-refractivity contribution in [2.24, 2.45) is 0 Å². The van der Waals surface area contributed by atoms with Crippen molar-refractivity contribution >= 4 is 17.4 Å². The molecule has 0 radical (unpaired) electrons. The van der Waals surface area contributed by atoms with E-state index in [-0.39, 0.29) is 6.04 Å². The van der Waals surface area contributed by atoms with Crippen molar-refractivity contribution in [1.82, 2.24) is 5.32 Å². The average Bonchev–Trinajstić information content (AvgIpc) is 2.36. The maximum Gasteiger partial charge on any atom is 0.119 e. The highest BCUT2D eigenvalue weighted by atomic mass is 35.5. The quantitative estimate of drug-likeness (QED) is 0.739. The van der Waals surface area contributed by atoms with Gasteiger partial charge >= 0.3 is 0 Å². The fourth-order valence-electron chi connectivity index (χ4n) is 1.78. The van der Waals surface area contributed by atoms with E-state index in [1.54, 1.807) is 0 Å². The Balaban J connectivity index is 2.82. The summed E-state index contributed by atoms with van der Waals surface area (Å²) < 4.78 is 5.38. The number of rotatable bonds is 7. The summed E-state index contributed by atoms with van der Waals surface area (Å²) in [5, 5.41) is 4.18. The predicted octanol–water partition coefficient (Wildman–Crippen LogP) is 4.41. The van der Waals surface area contributed by atoms with Crippen molar-refractivity contribution in [3.63, 3.8) is 0 Å². The molecule has 0 fully saturated rings. The Kier molecular flexibility index (Phi) is 6.23. The van der Waals surface area contributed by atoms with Gasteiger partial charge in [0.1, 0.15) is 5.76 Å². The molecule has 1 N–H and O–H groups in total. The van der Waals surface area contributed by atoms with Crippen molar-refractivity contribution in [2.75, 3.05) is 13.2 Å². The summed E-state index contributed by atoms with van der Waals surface area (Å²) in [6.45, 7) is 11.7. The van der Waals surface area contributed by atoms with Crippen LogP contribution in [0.2, 0.25) is 5.02 Å². The van der Waals surface area contributed by atoms with E-state index in [0.29, 0.717) is 12.4 Å². The van der Waals surface area contributed by atoms with Crippen molar-refractivity contribution in [3.8, 4) is 0 Å². The fourth-order valence-corrected chi connectivity index (χ4v) is 2.12. The van der Waals surface area contributed by atoms with Crippen LogP contribution in [0.3, 0.4) is 0 Å². The molecular formula is C15H22ClNO.